The summed E-state index contributed by atoms with van der Waals surface area (Å²) in [4.78, 5) is 18.5. The molecule has 0 aliphatic carbocycles. The number of anilines is 2. The van der Waals surface area contributed by atoms with E-state index in [1.807, 2.05) is 18.1 Å². The van der Waals surface area contributed by atoms with Crippen molar-refractivity contribution in [3.05, 3.63) is 54.4 Å². The van der Waals surface area contributed by atoms with Gasteiger partial charge in [0.05, 0.1) is 18.4 Å². The Balaban J connectivity index is 1.72. The van der Waals surface area contributed by atoms with E-state index in [1.165, 1.54) is 30.5 Å². The minimum atomic E-state index is -0.378. The topological polar surface area (TPSA) is 85.4 Å². The SMILES string of the molecule is CN1C=CN=C(Nc2cn[nH]c2C(=O)Nc2ccc(F)cc2)C1. The summed E-state index contributed by atoms with van der Waals surface area (Å²) in [6.45, 7) is 0.598. The number of aromatic amines is 1. The predicted molar refractivity (Wildman–Crippen MR) is 85.8 cm³/mol. The molecular formula is C15H15FN6O. The summed E-state index contributed by atoms with van der Waals surface area (Å²) >= 11 is 0. The normalized spacial score (nSPS) is 13.7. The number of H-pyrrole nitrogens is 1. The fourth-order valence-electron chi connectivity index (χ4n) is 2.07. The molecule has 0 saturated heterocycles. The zero-order valence-corrected chi connectivity index (χ0v) is 12.4. The standard InChI is InChI=1S/C15H15FN6O/c1-22-7-6-17-13(9-22)20-12-8-18-21-14(12)15(23)19-11-4-2-10(16)3-5-11/h2-8H,9H2,1H3,(H,17,20)(H,18,21)(H,19,23). The number of amides is 1. The van der Waals surface area contributed by atoms with Crippen LogP contribution in [0.15, 0.2) is 47.9 Å². The van der Waals surface area contributed by atoms with Crippen LogP contribution in [0.1, 0.15) is 10.5 Å². The van der Waals surface area contributed by atoms with Crippen molar-refractivity contribution in [3.63, 3.8) is 0 Å². The number of amidine groups is 1. The first kappa shape index (κ1) is 14.8. The fourth-order valence-corrected chi connectivity index (χ4v) is 2.07. The van der Waals surface area contributed by atoms with E-state index in [9.17, 15) is 9.18 Å². The second-order valence-electron chi connectivity index (χ2n) is 5.03. The molecule has 23 heavy (non-hydrogen) atoms. The first-order chi connectivity index (χ1) is 11.1. The molecule has 3 rings (SSSR count). The minimum Gasteiger partial charge on any atom is -0.372 e. The van der Waals surface area contributed by atoms with E-state index in [2.05, 4.69) is 25.8 Å². The summed E-state index contributed by atoms with van der Waals surface area (Å²) in [5, 5.41) is 12.3. The maximum atomic E-state index is 12.9. The third-order valence-corrected chi connectivity index (χ3v) is 3.20. The van der Waals surface area contributed by atoms with Crippen molar-refractivity contribution in [2.45, 2.75) is 0 Å². The van der Waals surface area contributed by atoms with E-state index in [4.69, 9.17) is 0 Å². The van der Waals surface area contributed by atoms with Crippen molar-refractivity contribution in [1.29, 1.82) is 0 Å². The number of benzene rings is 1. The lowest BCUT2D eigenvalue weighted by Gasteiger charge is -2.19. The molecule has 0 unspecified atom stereocenters. The highest BCUT2D eigenvalue weighted by Gasteiger charge is 2.16. The largest absolute Gasteiger partial charge is 0.372 e. The van der Waals surface area contributed by atoms with Gasteiger partial charge in [0, 0.05) is 25.1 Å². The Labute approximate surface area is 131 Å². The van der Waals surface area contributed by atoms with E-state index in [1.54, 1.807) is 6.20 Å². The molecule has 2 aromatic rings. The number of nitrogens with one attached hydrogen (secondary N) is 3. The van der Waals surface area contributed by atoms with Gasteiger partial charge in [-0.15, -0.1) is 0 Å². The Morgan fingerprint density at radius 3 is 2.87 bits per heavy atom. The Morgan fingerprint density at radius 1 is 1.35 bits per heavy atom. The molecule has 1 aromatic carbocycles. The first-order valence-electron chi connectivity index (χ1n) is 6.93. The molecule has 1 amide bonds. The number of rotatable bonds is 3. The molecule has 118 valence electrons. The molecule has 7 nitrogen and oxygen atoms in total. The van der Waals surface area contributed by atoms with Gasteiger partial charge in [0.2, 0.25) is 0 Å². The van der Waals surface area contributed by atoms with Crippen LogP contribution < -0.4 is 10.6 Å². The van der Waals surface area contributed by atoms with Gasteiger partial charge in [-0.2, -0.15) is 5.10 Å². The summed E-state index contributed by atoms with van der Waals surface area (Å²) in [5.74, 6) is -0.0384. The Hall–Kier alpha value is -3.16. The number of nitrogens with zero attached hydrogens (tertiary/aromatic N) is 3. The Morgan fingerprint density at radius 2 is 2.13 bits per heavy atom. The molecule has 2 heterocycles. The molecule has 0 spiro atoms. The summed E-state index contributed by atoms with van der Waals surface area (Å²) in [6, 6.07) is 5.53. The van der Waals surface area contributed by atoms with Gasteiger partial charge in [0.1, 0.15) is 17.3 Å². The minimum absolute atomic E-state index is 0.272. The number of halogens is 1. The van der Waals surface area contributed by atoms with Crippen molar-refractivity contribution >= 4 is 23.1 Å². The fraction of sp³-hybridized carbons (Fsp3) is 0.133. The molecule has 0 bridgehead atoms. The van der Waals surface area contributed by atoms with E-state index in [0.29, 0.717) is 23.8 Å². The quantitative estimate of drug-likeness (QED) is 0.809. The van der Waals surface area contributed by atoms with Crippen molar-refractivity contribution in [3.8, 4) is 0 Å². The van der Waals surface area contributed by atoms with Gasteiger partial charge in [-0.1, -0.05) is 0 Å². The second-order valence-corrected chi connectivity index (χ2v) is 5.03. The summed E-state index contributed by atoms with van der Waals surface area (Å²) in [6.07, 6.45) is 5.04. The average molecular weight is 314 g/mol. The third-order valence-electron chi connectivity index (χ3n) is 3.20. The highest BCUT2D eigenvalue weighted by atomic mass is 19.1. The monoisotopic (exact) mass is 314 g/mol. The second kappa shape index (κ2) is 6.30. The zero-order chi connectivity index (χ0) is 16.2. The molecule has 1 aliphatic heterocycles. The Bertz CT molecular complexity index is 765. The number of aromatic nitrogens is 2. The van der Waals surface area contributed by atoms with Gasteiger partial charge in [-0.3, -0.25) is 9.89 Å². The maximum Gasteiger partial charge on any atom is 0.275 e. The van der Waals surface area contributed by atoms with Gasteiger partial charge in [-0.25, -0.2) is 9.38 Å². The predicted octanol–water partition coefficient (Wildman–Crippen LogP) is 2.03. The van der Waals surface area contributed by atoms with Crippen LogP contribution in [-0.4, -0.2) is 40.4 Å². The number of hydrogen-bond acceptors (Lipinski definition) is 5. The molecule has 8 heteroatoms. The molecule has 1 aromatic heterocycles. The molecular weight excluding hydrogens is 299 g/mol. The van der Waals surface area contributed by atoms with Gasteiger partial charge in [0.15, 0.2) is 0 Å². The average Bonchev–Trinajstić information content (AvgIpc) is 2.98. The highest BCUT2D eigenvalue weighted by Crippen LogP contribution is 2.16. The van der Waals surface area contributed by atoms with Crippen molar-refractivity contribution in [2.75, 3.05) is 24.2 Å². The molecule has 0 atom stereocenters. The summed E-state index contributed by atoms with van der Waals surface area (Å²) < 4.78 is 12.9. The molecule has 1 aliphatic rings. The third kappa shape index (κ3) is 3.54. The number of hydrogen-bond donors (Lipinski definition) is 3. The number of aliphatic imine (C=N–C) groups is 1. The van der Waals surface area contributed by atoms with Crippen LogP contribution in [-0.2, 0) is 0 Å². The van der Waals surface area contributed by atoms with E-state index in [-0.39, 0.29) is 17.4 Å². The first-order valence-corrected chi connectivity index (χ1v) is 6.93. The van der Waals surface area contributed by atoms with E-state index in [0.717, 1.165) is 0 Å². The van der Waals surface area contributed by atoms with Crippen molar-refractivity contribution in [1.82, 2.24) is 15.1 Å². The maximum absolute atomic E-state index is 12.9. The molecule has 0 saturated carbocycles. The van der Waals surface area contributed by atoms with Crippen molar-refractivity contribution in [2.24, 2.45) is 4.99 Å². The summed E-state index contributed by atoms with van der Waals surface area (Å²) in [5.41, 5.74) is 1.29. The van der Waals surface area contributed by atoms with Crippen LogP contribution in [0, 0.1) is 5.82 Å². The van der Waals surface area contributed by atoms with Crippen LogP contribution in [0.25, 0.3) is 0 Å². The molecule has 3 N–H and O–H groups in total. The summed E-state index contributed by atoms with van der Waals surface area (Å²) in [7, 11) is 1.92. The van der Waals surface area contributed by atoms with Gasteiger partial charge >= 0.3 is 0 Å². The van der Waals surface area contributed by atoms with Gasteiger partial charge < -0.3 is 15.5 Å². The van der Waals surface area contributed by atoms with Crippen LogP contribution in [0.5, 0.6) is 0 Å². The number of likely N-dealkylation sites (N-methyl/N-ethyl adjacent to an activating group) is 1. The highest BCUT2D eigenvalue weighted by molar-refractivity contribution is 6.09. The molecule has 0 radical (unpaired) electrons. The number of carbonyl (C=O) groups is 1. The van der Waals surface area contributed by atoms with Gasteiger partial charge in [-0.05, 0) is 24.3 Å². The van der Waals surface area contributed by atoms with Crippen LogP contribution in [0.2, 0.25) is 0 Å². The molecule has 0 fully saturated rings. The number of carbonyl (C=O) groups excluding carboxylic acids is 1. The lowest BCUT2D eigenvalue weighted by atomic mass is 10.3. The smallest absolute Gasteiger partial charge is 0.275 e. The van der Waals surface area contributed by atoms with Crippen LogP contribution in [0.4, 0.5) is 15.8 Å². The van der Waals surface area contributed by atoms with E-state index < -0.39 is 0 Å². The van der Waals surface area contributed by atoms with Crippen molar-refractivity contribution < 1.29 is 9.18 Å². The van der Waals surface area contributed by atoms with Crippen LogP contribution in [0.3, 0.4) is 0 Å². The van der Waals surface area contributed by atoms with E-state index >= 15 is 0 Å². The zero-order valence-electron chi connectivity index (χ0n) is 12.4. The van der Waals surface area contributed by atoms with Gasteiger partial charge in [0.25, 0.3) is 5.91 Å². The lowest BCUT2D eigenvalue weighted by Crippen LogP contribution is -2.29. The lowest BCUT2D eigenvalue weighted by molar-refractivity contribution is 0.102. The Kier molecular flexibility index (Phi) is 4.05. The van der Waals surface area contributed by atoms with Crippen LogP contribution >= 0.6 is 0 Å².